The van der Waals surface area contributed by atoms with E-state index in [4.69, 9.17) is 0 Å². The highest BCUT2D eigenvalue weighted by Crippen LogP contribution is 2.18. The van der Waals surface area contributed by atoms with Crippen LogP contribution in [0.3, 0.4) is 0 Å². The lowest BCUT2D eigenvalue weighted by molar-refractivity contribution is -0.121. The summed E-state index contributed by atoms with van der Waals surface area (Å²) in [6, 6.07) is 0.349. The van der Waals surface area contributed by atoms with Gasteiger partial charge in [-0.1, -0.05) is 6.92 Å². The third-order valence-electron chi connectivity index (χ3n) is 3.02. The molecule has 0 atom stereocenters. The number of aromatic nitrogens is 2. The summed E-state index contributed by atoms with van der Waals surface area (Å²) in [7, 11) is 0. The normalized spacial score (nSPS) is 13.6. The van der Waals surface area contributed by atoms with E-state index in [-0.39, 0.29) is 23.9 Å². The summed E-state index contributed by atoms with van der Waals surface area (Å²) < 4.78 is 0. The van der Waals surface area contributed by atoms with Gasteiger partial charge in [0.2, 0.25) is 5.91 Å². The summed E-state index contributed by atoms with van der Waals surface area (Å²) in [5.74, 6) is 0.309. The minimum atomic E-state index is -0.316. The highest BCUT2D eigenvalue weighted by Gasteiger charge is 2.22. The summed E-state index contributed by atoms with van der Waals surface area (Å²) in [6.07, 6.45) is 6.36. The molecule has 0 saturated heterocycles. The zero-order valence-electron chi connectivity index (χ0n) is 12.2. The molecule has 0 spiro atoms. The number of hydrogen-bond donors (Lipinski definition) is 3. The SMILES string of the molecule is CCCNc1cnc(C(=O)NCCC(=O)NC2CC2)cn1. The van der Waals surface area contributed by atoms with Crippen LogP contribution in [0.25, 0.3) is 0 Å². The van der Waals surface area contributed by atoms with Crippen LogP contribution in [-0.4, -0.2) is 40.9 Å². The van der Waals surface area contributed by atoms with Crippen molar-refractivity contribution in [2.45, 2.75) is 38.6 Å². The van der Waals surface area contributed by atoms with Crippen molar-refractivity contribution >= 4 is 17.6 Å². The fourth-order valence-electron chi connectivity index (χ4n) is 1.70. The Morgan fingerprint density at radius 2 is 2.05 bits per heavy atom. The maximum atomic E-state index is 11.8. The van der Waals surface area contributed by atoms with E-state index in [0.717, 1.165) is 25.8 Å². The van der Waals surface area contributed by atoms with E-state index in [1.165, 1.54) is 12.4 Å². The molecule has 114 valence electrons. The van der Waals surface area contributed by atoms with Crippen LogP contribution in [0.15, 0.2) is 12.4 Å². The minimum absolute atomic E-state index is 0.0250. The van der Waals surface area contributed by atoms with Crippen molar-refractivity contribution in [3.63, 3.8) is 0 Å². The Labute approximate surface area is 123 Å². The highest BCUT2D eigenvalue weighted by atomic mass is 16.2. The topological polar surface area (TPSA) is 96.0 Å². The number of anilines is 1. The molecule has 0 aromatic carbocycles. The first-order valence-electron chi connectivity index (χ1n) is 7.32. The zero-order valence-corrected chi connectivity index (χ0v) is 12.2. The molecule has 0 aliphatic heterocycles. The summed E-state index contributed by atoms with van der Waals surface area (Å²) in [5.41, 5.74) is 0.250. The maximum absolute atomic E-state index is 11.8. The van der Waals surface area contributed by atoms with Gasteiger partial charge < -0.3 is 16.0 Å². The van der Waals surface area contributed by atoms with Crippen LogP contribution in [-0.2, 0) is 4.79 Å². The molecule has 0 unspecified atom stereocenters. The van der Waals surface area contributed by atoms with Gasteiger partial charge in [0, 0.05) is 25.6 Å². The number of hydrogen-bond acceptors (Lipinski definition) is 5. The Bertz CT molecular complexity index is 485. The van der Waals surface area contributed by atoms with Crippen molar-refractivity contribution in [1.82, 2.24) is 20.6 Å². The van der Waals surface area contributed by atoms with Gasteiger partial charge in [-0.2, -0.15) is 0 Å². The third kappa shape index (κ3) is 5.37. The van der Waals surface area contributed by atoms with Gasteiger partial charge in [-0.05, 0) is 19.3 Å². The van der Waals surface area contributed by atoms with Gasteiger partial charge in [0.25, 0.3) is 5.91 Å². The Hall–Kier alpha value is -2.18. The van der Waals surface area contributed by atoms with E-state index in [9.17, 15) is 9.59 Å². The fourth-order valence-corrected chi connectivity index (χ4v) is 1.70. The van der Waals surface area contributed by atoms with Crippen LogP contribution in [0.5, 0.6) is 0 Å². The molecule has 1 fully saturated rings. The van der Waals surface area contributed by atoms with Gasteiger partial charge in [-0.15, -0.1) is 0 Å². The van der Waals surface area contributed by atoms with Crippen molar-refractivity contribution in [3.05, 3.63) is 18.1 Å². The average Bonchev–Trinajstić information content (AvgIpc) is 3.29. The second-order valence-corrected chi connectivity index (χ2v) is 5.06. The molecule has 7 nitrogen and oxygen atoms in total. The van der Waals surface area contributed by atoms with Crippen molar-refractivity contribution in [3.8, 4) is 0 Å². The van der Waals surface area contributed by atoms with Crippen molar-refractivity contribution in [1.29, 1.82) is 0 Å². The fraction of sp³-hybridized carbons (Fsp3) is 0.571. The Kier molecular flexibility index (Phi) is 5.48. The number of nitrogens with one attached hydrogen (secondary N) is 3. The molecule has 3 N–H and O–H groups in total. The van der Waals surface area contributed by atoms with Crippen molar-refractivity contribution in [2.75, 3.05) is 18.4 Å². The van der Waals surface area contributed by atoms with Gasteiger partial charge in [0.05, 0.1) is 12.4 Å². The van der Waals surface area contributed by atoms with E-state index in [1.54, 1.807) is 0 Å². The van der Waals surface area contributed by atoms with Crippen molar-refractivity contribution in [2.24, 2.45) is 0 Å². The lowest BCUT2D eigenvalue weighted by Gasteiger charge is -2.06. The molecule has 1 heterocycles. The molecule has 0 bridgehead atoms. The number of nitrogens with zero attached hydrogens (tertiary/aromatic N) is 2. The predicted octanol–water partition coefficient (Wildman–Crippen LogP) is 0.697. The molecule has 0 radical (unpaired) electrons. The molecule has 2 amide bonds. The van der Waals surface area contributed by atoms with Crippen LogP contribution < -0.4 is 16.0 Å². The standard InChI is InChI=1S/C14H21N5O2/c1-2-6-15-12-9-17-11(8-18-12)14(21)16-7-5-13(20)19-10-3-4-10/h8-10H,2-7H2,1H3,(H,15,18)(H,16,21)(H,19,20). The van der Waals surface area contributed by atoms with E-state index in [0.29, 0.717) is 18.4 Å². The quantitative estimate of drug-likeness (QED) is 0.655. The van der Waals surface area contributed by atoms with E-state index < -0.39 is 0 Å². The highest BCUT2D eigenvalue weighted by molar-refractivity contribution is 5.92. The number of amides is 2. The van der Waals surface area contributed by atoms with Crippen LogP contribution in [0.2, 0.25) is 0 Å². The summed E-state index contributed by atoms with van der Waals surface area (Å²) >= 11 is 0. The van der Waals surface area contributed by atoms with Crippen LogP contribution in [0, 0.1) is 0 Å². The predicted molar refractivity (Wildman–Crippen MR) is 78.9 cm³/mol. The van der Waals surface area contributed by atoms with Crippen LogP contribution >= 0.6 is 0 Å². The molecular formula is C14H21N5O2. The molecule has 21 heavy (non-hydrogen) atoms. The molecular weight excluding hydrogens is 270 g/mol. The van der Waals surface area contributed by atoms with E-state index >= 15 is 0 Å². The minimum Gasteiger partial charge on any atom is -0.369 e. The van der Waals surface area contributed by atoms with Crippen molar-refractivity contribution < 1.29 is 9.59 Å². The molecule has 1 aliphatic rings. The first-order valence-corrected chi connectivity index (χ1v) is 7.32. The van der Waals surface area contributed by atoms with Crippen LogP contribution in [0.4, 0.5) is 5.82 Å². The zero-order chi connectivity index (χ0) is 15.1. The Balaban J connectivity index is 1.70. The van der Waals surface area contributed by atoms with Crippen LogP contribution in [0.1, 0.15) is 43.1 Å². The second-order valence-electron chi connectivity index (χ2n) is 5.06. The van der Waals surface area contributed by atoms with Gasteiger partial charge in [-0.25, -0.2) is 9.97 Å². The number of carbonyl (C=O) groups excluding carboxylic acids is 2. The van der Waals surface area contributed by atoms with E-state index in [2.05, 4.69) is 32.8 Å². The third-order valence-corrected chi connectivity index (χ3v) is 3.02. The monoisotopic (exact) mass is 291 g/mol. The molecule has 7 heteroatoms. The summed E-state index contributed by atoms with van der Waals surface area (Å²) in [4.78, 5) is 31.4. The first kappa shape index (κ1) is 15.2. The van der Waals surface area contributed by atoms with Gasteiger partial charge >= 0.3 is 0 Å². The lowest BCUT2D eigenvalue weighted by Crippen LogP contribution is -2.32. The average molecular weight is 291 g/mol. The maximum Gasteiger partial charge on any atom is 0.271 e. The summed E-state index contributed by atoms with van der Waals surface area (Å²) in [5, 5.41) is 8.62. The van der Waals surface area contributed by atoms with Gasteiger partial charge in [0.1, 0.15) is 11.5 Å². The molecule has 1 aromatic rings. The van der Waals surface area contributed by atoms with Gasteiger partial charge in [0.15, 0.2) is 0 Å². The molecule has 1 saturated carbocycles. The molecule has 1 aliphatic carbocycles. The molecule has 2 rings (SSSR count). The largest absolute Gasteiger partial charge is 0.369 e. The number of carbonyl (C=O) groups is 2. The smallest absolute Gasteiger partial charge is 0.271 e. The molecule has 1 aromatic heterocycles. The second kappa shape index (κ2) is 7.56. The Morgan fingerprint density at radius 1 is 1.24 bits per heavy atom. The summed E-state index contributed by atoms with van der Waals surface area (Å²) in [6.45, 7) is 3.17. The van der Waals surface area contributed by atoms with E-state index in [1.807, 2.05) is 0 Å². The van der Waals surface area contributed by atoms with Gasteiger partial charge in [-0.3, -0.25) is 9.59 Å². The Morgan fingerprint density at radius 3 is 2.67 bits per heavy atom. The lowest BCUT2D eigenvalue weighted by atomic mass is 10.3. The first-order chi connectivity index (χ1) is 10.2. The number of rotatable bonds is 8.